The monoisotopic (exact) mass is 441 g/mol. The molecule has 3 atom stereocenters. The molecule has 2 heterocycles. The maximum absolute atomic E-state index is 6.61. The van der Waals surface area contributed by atoms with E-state index in [1.807, 2.05) is 24.5 Å². The number of pyridine rings is 2. The lowest BCUT2D eigenvalue weighted by molar-refractivity contribution is 0.100. The summed E-state index contributed by atoms with van der Waals surface area (Å²) in [5, 5.41) is 3.49. The van der Waals surface area contributed by atoms with E-state index in [0.717, 1.165) is 38.2 Å². The molecular formula is C28H35N5. The van der Waals surface area contributed by atoms with E-state index in [9.17, 15) is 0 Å². The zero-order valence-electron chi connectivity index (χ0n) is 19.4. The average Bonchev–Trinajstić information content (AvgIpc) is 3.29. The standard InChI is InChI=1S/C28H35N5/c29-25-9-4-10-26(25)33(27-11-3-6-23-7-5-17-32-28(23)27)20-22-14-12-21(13-15-22)18-30-19-24-8-1-2-16-31-24/h1-2,5,7-8,12-17,25-27,30H,3-4,6,9-11,18-20,29H2/t25-,26-,27+/m1/s1. The van der Waals surface area contributed by atoms with E-state index >= 15 is 0 Å². The molecule has 5 heteroatoms. The summed E-state index contributed by atoms with van der Waals surface area (Å²) in [4.78, 5) is 11.9. The summed E-state index contributed by atoms with van der Waals surface area (Å²) >= 11 is 0. The van der Waals surface area contributed by atoms with E-state index in [4.69, 9.17) is 10.7 Å². The van der Waals surface area contributed by atoms with Gasteiger partial charge in [0.25, 0.3) is 0 Å². The van der Waals surface area contributed by atoms with Crippen LogP contribution >= 0.6 is 0 Å². The van der Waals surface area contributed by atoms with E-state index in [0.29, 0.717) is 12.1 Å². The van der Waals surface area contributed by atoms with Gasteiger partial charge in [-0.05, 0) is 67.0 Å². The molecule has 3 aromatic rings. The first-order chi connectivity index (χ1) is 16.3. The van der Waals surface area contributed by atoms with Gasteiger partial charge >= 0.3 is 0 Å². The highest BCUT2D eigenvalue weighted by Crippen LogP contribution is 2.38. The Balaban J connectivity index is 1.28. The zero-order valence-corrected chi connectivity index (χ0v) is 19.4. The van der Waals surface area contributed by atoms with Crippen LogP contribution in [0.3, 0.4) is 0 Å². The lowest BCUT2D eigenvalue weighted by Crippen LogP contribution is -2.46. The lowest BCUT2D eigenvalue weighted by atomic mass is 9.89. The lowest BCUT2D eigenvalue weighted by Gasteiger charge is -2.40. The third-order valence-corrected chi connectivity index (χ3v) is 7.27. The molecule has 2 aliphatic rings. The van der Waals surface area contributed by atoms with Gasteiger partial charge < -0.3 is 11.1 Å². The third kappa shape index (κ3) is 5.32. The Kier molecular flexibility index (Phi) is 7.10. The number of aryl methyl sites for hydroxylation is 1. The van der Waals surface area contributed by atoms with Gasteiger partial charge in [-0.2, -0.15) is 0 Å². The molecule has 0 bridgehead atoms. The van der Waals surface area contributed by atoms with E-state index in [1.54, 1.807) is 0 Å². The van der Waals surface area contributed by atoms with E-state index in [1.165, 1.54) is 48.1 Å². The minimum atomic E-state index is 0.258. The van der Waals surface area contributed by atoms with Crippen LogP contribution in [0.1, 0.15) is 66.2 Å². The predicted octanol–water partition coefficient (Wildman–Crippen LogP) is 4.53. The molecule has 0 unspecified atom stereocenters. The van der Waals surface area contributed by atoms with Crippen LogP contribution in [-0.2, 0) is 26.1 Å². The Morgan fingerprint density at radius 1 is 0.848 bits per heavy atom. The summed E-state index contributed by atoms with van der Waals surface area (Å²) in [5.41, 5.74) is 13.0. The van der Waals surface area contributed by atoms with Gasteiger partial charge in [-0.3, -0.25) is 14.9 Å². The van der Waals surface area contributed by atoms with Crippen molar-refractivity contribution in [1.82, 2.24) is 20.2 Å². The van der Waals surface area contributed by atoms with Crippen molar-refractivity contribution in [2.24, 2.45) is 5.73 Å². The van der Waals surface area contributed by atoms with Crippen LogP contribution in [0.4, 0.5) is 0 Å². The number of nitrogens with two attached hydrogens (primary N) is 1. The molecule has 0 amide bonds. The molecule has 1 aromatic carbocycles. The van der Waals surface area contributed by atoms with Gasteiger partial charge in [-0.1, -0.05) is 42.8 Å². The largest absolute Gasteiger partial charge is 0.326 e. The van der Waals surface area contributed by atoms with Crippen LogP contribution in [0.5, 0.6) is 0 Å². The maximum Gasteiger partial charge on any atom is 0.0607 e. The van der Waals surface area contributed by atoms with Crippen molar-refractivity contribution in [2.45, 2.75) is 76.3 Å². The second-order valence-corrected chi connectivity index (χ2v) is 9.53. The number of hydrogen-bond acceptors (Lipinski definition) is 5. The van der Waals surface area contributed by atoms with Gasteiger partial charge in [-0.25, -0.2) is 0 Å². The second-order valence-electron chi connectivity index (χ2n) is 9.53. The molecule has 0 radical (unpaired) electrons. The number of fused-ring (bicyclic) bond motifs is 1. The number of benzene rings is 1. The van der Waals surface area contributed by atoms with Gasteiger partial charge in [-0.15, -0.1) is 0 Å². The molecule has 33 heavy (non-hydrogen) atoms. The first-order valence-corrected chi connectivity index (χ1v) is 12.4. The van der Waals surface area contributed by atoms with Crippen molar-refractivity contribution >= 4 is 0 Å². The SMILES string of the molecule is N[C@@H]1CCC[C@H]1N(Cc1ccc(CNCc2ccccn2)cc1)[C@H]1CCCc2cccnc21. The van der Waals surface area contributed by atoms with E-state index in [2.05, 4.69) is 57.7 Å². The Bertz CT molecular complexity index is 1020. The fourth-order valence-corrected chi connectivity index (χ4v) is 5.56. The van der Waals surface area contributed by atoms with E-state index < -0.39 is 0 Å². The summed E-state index contributed by atoms with van der Waals surface area (Å²) in [5.74, 6) is 0. The molecule has 2 aromatic heterocycles. The first-order valence-electron chi connectivity index (χ1n) is 12.4. The molecule has 0 spiro atoms. The van der Waals surface area contributed by atoms with Crippen molar-refractivity contribution in [3.8, 4) is 0 Å². The fourth-order valence-electron chi connectivity index (χ4n) is 5.56. The van der Waals surface area contributed by atoms with E-state index in [-0.39, 0.29) is 6.04 Å². The summed E-state index contributed by atoms with van der Waals surface area (Å²) in [6.07, 6.45) is 10.9. The predicted molar refractivity (Wildman–Crippen MR) is 132 cm³/mol. The minimum Gasteiger partial charge on any atom is -0.326 e. The highest BCUT2D eigenvalue weighted by molar-refractivity contribution is 5.27. The maximum atomic E-state index is 6.61. The molecule has 0 saturated heterocycles. The molecular weight excluding hydrogens is 406 g/mol. The molecule has 1 fully saturated rings. The molecule has 5 nitrogen and oxygen atoms in total. The third-order valence-electron chi connectivity index (χ3n) is 7.27. The molecule has 3 N–H and O–H groups in total. The minimum absolute atomic E-state index is 0.258. The number of hydrogen-bond donors (Lipinski definition) is 2. The van der Waals surface area contributed by atoms with Crippen molar-refractivity contribution in [3.63, 3.8) is 0 Å². The Hall–Kier alpha value is -2.60. The molecule has 5 rings (SSSR count). The van der Waals surface area contributed by atoms with Crippen molar-refractivity contribution in [3.05, 3.63) is 95.1 Å². The van der Waals surface area contributed by atoms with Crippen LogP contribution in [0, 0.1) is 0 Å². The zero-order chi connectivity index (χ0) is 22.5. The van der Waals surface area contributed by atoms with Gasteiger partial charge in [0, 0.05) is 44.1 Å². The summed E-state index contributed by atoms with van der Waals surface area (Å²) < 4.78 is 0. The van der Waals surface area contributed by atoms with Gasteiger partial charge in [0.1, 0.15) is 0 Å². The average molecular weight is 442 g/mol. The highest BCUT2D eigenvalue weighted by atomic mass is 15.2. The van der Waals surface area contributed by atoms with Crippen molar-refractivity contribution in [1.29, 1.82) is 0 Å². The van der Waals surface area contributed by atoms with Crippen LogP contribution in [0.15, 0.2) is 67.0 Å². The Morgan fingerprint density at radius 3 is 2.48 bits per heavy atom. The molecule has 2 aliphatic carbocycles. The number of nitrogens with zero attached hydrogens (tertiary/aromatic N) is 3. The summed E-state index contributed by atoms with van der Waals surface area (Å²) in [6.45, 7) is 2.55. The first kappa shape index (κ1) is 22.2. The van der Waals surface area contributed by atoms with Crippen LogP contribution in [0.25, 0.3) is 0 Å². The topological polar surface area (TPSA) is 67.1 Å². The van der Waals surface area contributed by atoms with Gasteiger partial charge in [0.05, 0.1) is 17.4 Å². The van der Waals surface area contributed by atoms with Gasteiger partial charge in [0.15, 0.2) is 0 Å². The molecule has 0 aliphatic heterocycles. The van der Waals surface area contributed by atoms with Crippen molar-refractivity contribution in [2.75, 3.05) is 0 Å². The van der Waals surface area contributed by atoms with Crippen molar-refractivity contribution < 1.29 is 0 Å². The molecule has 1 saturated carbocycles. The smallest absolute Gasteiger partial charge is 0.0607 e. The highest BCUT2D eigenvalue weighted by Gasteiger charge is 2.36. The quantitative estimate of drug-likeness (QED) is 0.538. The number of rotatable bonds is 8. The normalized spacial score (nSPS) is 22.4. The van der Waals surface area contributed by atoms with Crippen LogP contribution < -0.4 is 11.1 Å². The summed E-state index contributed by atoms with van der Waals surface area (Å²) in [7, 11) is 0. The Morgan fingerprint density at radius 2 is 1.70 bits per heavy atom. The number of aromatic nitrogens is 2. The fraction of sp³-hybridized carbons (Fsp3) is 0.429. The van der Waals surface area contributed by atoms with Crippen LogP contribution in [-0.4, -0.2) is 27.0 Å². The molecule has 172 valence electrons. The summed E-state index contributed by atoms with van der Waals surface area (Å²) in [6, 6.07) is 20.5. The van der Waals surface area contributed by atoms with Gasteiger partial charge in [0.2, 0.25) is 0 Å². The Labute approximate surface area is 197 Å². The second kappa shape index (κ2) is 10.6. The van der Waals surface area contributed by atoms with Crippen LogP contribution in [0.2, 0.25) is 0 Å². The number of nitrogens with one attached hydrogen (secondary N) is 1.